The van der Waals surface area contributed by atoms with E-state index >= 15 is 0 Å². The molecule has 0 bridgehead atoms. The number of rotatable bonds is 4. The second-order valence-electron chi connectivity index (χ2n) is 5.04. The van der Waals surface area contributed by atoms with Crippen molar-refractivity contribution in [3.63, 3.8) is 0 Å². The first-order chi connectivity index (χ1) is 12.1. The van der Waals surface area contributed by atoms with Gasteiger partial charge in [0.1, 0.15) is 5.69 Å². The van der Waals surface area contributed by atoms with E-state index in [-0.39, 0.29) is 11.6 Å². The molecule has 0 unspecified atom stereocenters. The van der Waals surface area contributed by atoms with Crippen molar-refractivity contribution < 1.29 is 4.63 Å². The van der Waals surface area contributed by atoms with Gasteiger partial charge in [0.05, 0.1) is 11.4 Å². The Labute approximate surface area is 148 Å². The van der Waals surface area contributed by atoms with Gasteiger partial charge in [0.15, 0.2) is 5.11 Å². The molecule has 0 saturated heterocycles. The lowest BCUT2D eigenvalue weighted by molar-refractivity contribution is 0.306. The highest BCUT2D eigenvalue weighted by Gasteiger charge is 2.17. The molecule has 3 rings (SSSR count). The van der Waals surface area contributed by atoms with Crippen LogP contribution in [0.2, 0.25) is 0 Å². The Morgan fingerprint density at radius 2 is 2.04 bits per heavy atom. The zero-order valence-corrected chi connectivity index (χ0v) is 14.3. The molecule has 2 aromatic heterocycles. The minimum Gasteiger partial charge on any atom is -0.378 e. The summed E-state index contributed by atoms with van der Waals surface area (Å²) in [5, 5.41) is 22.9. The van der Waals surface area contributed by atoms with E-state index in [9.17, 15) is 0 Å². The SMILES string of the molecule is C/C(=N\NC(=S)Nc1ccccc1)c1nnn(-c2nonc2N)c1C. The van der Waals surface area contributed by atoms with Gasteiger partial charge in [-0.2, -0.15) is 9.78 Å². The van der Waals surface area contributed by atoms with Crippen LogP contribution in [0.5, 0.6) is 0 Å². The Hall–Kier alpha value is -3.34. The number of nitrogen functional groups attached to an aromatic ring is 1. The average molecular weight is 357 g/mol. The van der Waals surface area contributed by atoms with Crippen LogP contribution in [0.1, 0.15) is 18.3 Å². The van der Waals surface area contributed by atoms with Crippen LogP contribution in [0.3, 0.4) is 0 Å². The largest absolute Gasteiger partial charge is 0.378 e. The molecule has 11 heteroatoms. The molecule has 2 heterocycles. The van der Waals surface area contributed by atoms with Crippen LogP contribution in [0.25, 0.3) is 5.82 Å². The maximum absolute atomic E-state index is 5.67. The molecule has 0 saturated carbocycles. The lowest BCUT2D eigenvalue weighted by atomic mass is 10.2. The summed E-state index contributed by atoms with van der Waals surface area (Å²) in [6.45, 7) is 3.59. The van der Waals surface area contributed by atoms with Gasteiger partial charge in [-0.15, -0.1) is 5.10 Å². The van der Waals surface area contributed by atoms with E-state index in [2.05, 4.69) is 41.1 Å². The van der Waals surface area contributed by atoms with E-state index in [4.69, 9.17) is 18.0 Å². The Kier molecular flexibility index (Phi) is 4.66. The van der Waals surface area contributed by atoms with Gasteiger partial charge in [-0.3, -0.25) is 5.43 Å². The van der Waals surface area contributed by atoms with Crippen LogP contribution in [0, 0.1) is 6.92 Å². The number of thiocarbonyl (C=S) groups is 1. The minimum atomic E-state index is 0.125. The molecule has 0 amide bonds. The van der Waals surface area contributed by atoms with Crippen LogP contribution in [0.15, 0.2) is 40.1 Å². The number of benzene rings is 1. The summed E-state index contributed by atoms with van der Waals surface area (Å²) in [4.78, 5) is 0. The van der Waals surface area contributed by atoms with Crippen molar-refractivity contribution in [1.29, 1.82) is 0 Å². The van der Waals surface area contributed by atoms with Gasteiger partial charge in [-0.05, 0) is 48.5 Å². The van der Waals surface area contributed by atoms with Crippen molar-refractivity contribution in [2.75, 3.05) is 11.1 Å². The summed E-state index contributed by atoms with van der Waals surface area (Å²) in [6.07, 6.45) is 0. The highest BCUT2D eigenvalue weighted by Crippen LogP contribution is 2.15. The van der Waals surface area contributed by atoms with Crippen LogP contribution in [-0.4, -0.2) is 36.1 Å². The zero-order valence-electron chi connectivity index (χ0n) is 13.5. The van der Waals surface area contributed by atoms with E-state index in [1.54, 1.807) is 6.92 Å². The minimum absolute atomic E-state index is 0.125. The molecular weight excluding hydrogens is 342 g/mol. The van der Waals surface area contributed by atoms with Gasteiger partial charge in [-0.25, -0.2) is 4.63 Å². The normalized spacial score (nSPS) is 11.4. The topological polar surface area (TPSA) is 132 Å². The highest BCUT2D eigenvalue weighted by molar-refractivity contribution is 7.80. The van der Waals surface area contributed by atoms with Crippen molar-refractivity contribution >= 4 is 34.5 Å². The lowest BCUT2D eigenvalue weighted by Crippen LogP contribution is -2.25. The van der Waals surface area contributed by atoms with Crippen molar-refractivity contribution in [3.05, 3.63) is 41.7 Å². The quantitative estimate of drug-likeness (QED) is 0.358. The summed E-state index contributed by atoms with van der Waals surface area (Å²) in [5.74, 6) is 0.402. The first-order valence-corrected chi connectivity index (χ1v) is 7.64. The molecule has 0 radical (unpaired) electrons. The standard InChI is InChI=1S/C14H15N9OS/c1-8(17-19-14(25)16-10-6-4-3-5-7-10)11-9(2)23(22-18-11)13-12(15)20-24-21-13/h3-7H,1-2H3,(H2,15,20)(H2,16,19,25)/b17-8+. The molecule has 0 aliphatic carbocycles. The molecule has 4 N–H and O–H groups in total. The third-order valence-corrected chi connectivity index (χ3v) is 3.48. The van der Waals surface area contributed by atoms with E-state index < -0.39 is 0 Å². The van der Waals surface area contributed by atoms with Gasteiger partial charge >= 0.3 is 0 Å². The fourth-order valence-corrected chi connectivity index (χ4v) is 2.23. The Morgan fingerprint density at radius 3 is 2.72 bits per heavy atom. The number of hydrogen-bond acceptors (Lipinski definition) is 8. The van der Waals surface area contributed by atoms with E-state index in [1.807, 2.05) is 37.3 Å². The molecule has 0 aliphatic rings. The van der Waals surface area contributed by atoms with E-state index in [0.717, 1.165) is 5.69 Å². The number of anilines is 2. The van der Waals surface area contributed by atoms with Crippen molar-refractivity contribution in [3.8, 4) is 5.82 Å². The number of nitrogens with one attached hydrogen (secondary N) is 2. The van der Waals surface area contributed by atoms with Crippen LogP contribution >= 0.6 is 12.2 Å². The maximum Gasteiger partial charge on any atom is 0.243 e. The zero-order chi connectivity index (χ0) is 17.8. The van der Waals surface area contributed by atoms with Crippen LogP contribution in [-0.2, 0) is 0 Å². The monoisotopic (exact) mass is 357 g/mol. The maximum atomic E-state index is 5.67. The molecule has 0 atom stereocenters. The molecule has 25 heavy (non-hydrogen) atoms. The summed E-state index contributed by atoms with van der Waals surface area (Å²) >= 11 is 5.21. The van der Waals surface area contributed by atoms with E-state index in [1.165, 1.54) is 4.68 Å². The Balaban J connectivity index is 1.72. The fraction of sp³-hybridized carbons (Fsp3) is 0.143. The molecule has 0 spiro atoms. The number of aromatic nitrogens is 5. The second kappa shape index (κ2) is 7.05. The summed E-state index contributed by atoms with van der Waals surface area (Å²) in [5.41, 5.74) is 11.2. The lowest BCUT2D eigenvalue weighted by Gasteiger charge is -2.07. The summed E-state index contributed by atoms with van der Waals surface area (Å²) in [7, 11) is 0. The highest BCUT2D eigenvalue weighted by atomic mass is 32.1. The third-order valence-electron chi connectivity index (χ3n) is 3.29. The number of para-hydroxylation sites is 1. The van der Waals surface area contributed by atoms with Crippen LogP contribution < -0.4 is 16.5 Å². The molecule has 1 aromatic carbocycles. The number of hydrogen-bond donors (Lipinski definition) is 3. The summed E-state index contributed by atoms with van der Waals surface area (Å²) < 4.78 is 6.01. The molecule has 3 aromatic rings. The number of nitrogens with zero attached hydrogens (tertiary/aromatic N) is 6. The fourth-order valence-electron chi connectivity index (χ4n) is 2.07. The van der Waals surface area contributed by atoms with Crippen molar-refractivity contribution in [2.24, 2.45) is 5.10 Å². The molecule has 0 fully saturated rings. The Bertz CT molecular complexity index is 916. The first-order valence-electron chi connectivity index (χ1n) is 7.23. The molecule has 128 valence electrons. The average Bonchev–Trinajstić information content (AvgIpc) is 3.19. The predicted octanol–water partition coefficient (Wildman–Crippen LogP) is 1.25. The predicted molar refractivity (Wildman–Crippen MR) is 96.4 cm³/mol. The van der Waals surface area contributed by atoms with Gasteiger partial charge < -0.3 is 11.1 Å². The van der Waals surface area contributed by atoms with Gasteiger partial charge in [0.25, 0.3) is 0 Å². The molecular formula is C14H15N9OS. The number of hydrazone groups is 1. The third kappa shape index (κ3) is 3.61. The van der Waals surface area contributed by atoms with E-state index in [0.29, 0.717) is 22.2 Å². The van der Waals surface area contributed by atoms with Crippen molar-refractivity contribution in [2.45, 2.75) is 13.8 Å². The molecule has 0 aliphatic heterocycles. The van der Waals surface area contributed by atoms with Crippen molar-refractivity contribution in [1.82, 2.24) is 30.7 Å². The molecule has 10 nitrogen and oxygen atoms in total. The Morgan fingerprint density at radius 1 is 1.28 bits per heavy atom. The van der Waals surface area contributed by atoms with Gasteiger partial charge in [-0.1, -0.05) is 23.4 Å². The van der Waals surface area contributed by atoms with Gasteiger partial charge in [0, 0.05) is 5.69 Å². The van der Waals surface area contributed by atoms with Gasteiger partial charge in [0.2, 0.25) is 11.6 Å². The van der Waals surface area contributed by atoms with Crippen LogP contribution in [0.4, 0.5) is 11.5 Å². The smallest absolute Gasteiger partial charge is 0.243 e. The first kappa shape index (κ1) is 16.5. The summed E-state index contributed by atoms with van der Waals surface area (Å²) in [6, 6.07) is 9.54. The number of nitrogens with two attached hydrogens (primary N) is 1. The second-order valence-corrected chi connectivity index (χ2v) is 5.45.